The molecule has 23 nitrogen and oxygen atoms in total. The number of carbonyl (C=O) groups excluding carboxylic acids is 4. The van der Waals surface area contributed by atoms with Gasteiger partial charge in [0.15, 0.2) is 62.5 Å². The van der Waals surface area contributed by atoms with Gasteiger partial charge in [0, 0.05) is 142 Å². The van der Waals surface area contributed by atoms with Crippen LogP contribution in [0.3, 0.4) is 0 Å². The number of amides is 4. The first-order valence-electron chi connectivity index (χ1n) is 35.5. The number of rotatable bonds is 32. The number of carbonyl (C=O) groups is 5. The maximum Gasteiger partial charge on any atom is 0.335 e. The van der Waals surface area contributed by atoms with Gasteiger partial charge in [-0.15, -0.1) is 0 Å². The highest BCUT2D eigenvalue weighted by molar-refractivity contribution is 14.1. The summed E-state index contributed by atoms with van der Waals surface area (Å²) in [5.74, 6) is 18.4. The van der Waals surface area contributed by atoms with Crippen LogP contribution in [0.5, 0.6) is 51.7 Å². The van der Waals surface area contributed by atoms with E-state index >= 15 is 0 Å². The van der Waals surface area contributed by atoms with Gasteiger partial charge in [-0.05, 0) is 205 Å². The van der Waals surface area contributed by atoms with Crippen LogP contribution in [0.4, 0.5) is 0 Å². The fourth-order valence-electron chi connectivity index (χ4n) is 10.2. The second-order valence-corrected chi connectivity index (χ2v) is 32.3. The van der Waals surface area contributed by atoms with Crippen molar-refractivity contribution in [2.75, 3.05) is 131 Å². The van der Waals surface area contributed by atoms with Gasteiger partial charge >= 0.3 is 5.97 Å². The Morgan fingerprint density at radius 1 is 0.398 bits per heavy atom. The van der Waals surface area contributed by atoms with Gasteiger partial charge in [0.25, 0.3) is 23.6 Å². The number of nitrogens with zero attached hydrogens (tertiary/aromatic N) is 2. The summed E-state index contributed by atoms with van der Waals surface area (Å²) in [5.41, 5.74) is 9.97. The maximum absolute atomic E-state index is 13.4. The van der Waals surface area contributed by atoms with E-state index in [4.69, 9.17) is 69.1 Å². The molecule has 0 saturated heterocycles. The number of hydrogen-bond donors (Lipinski definition) is 7. The Hall–Kier alpha value is -9.30. The van der Waals surface area contributed by atoms with Crippen molar-refractivity contribution in [3.63, 3.8) is 0 Å². The molecule has 4 amide bonds. The first kappa shape index (κ1) is 107. The van der Waals surface area contributed by atoms with Gasteiger partial charge < -0.3 is 79.8 Å². The van der Waals surface area contributed by atoms with Crippen LogP contribution in [-0.4, -0.2) is 171 Å². The van der Waals surface area contributed by atoms with Crippen LogP contribution >= 0.6 is 116 Å². The molecule has 8 rings (SSSR count). The highest BCUT2D eigenvalue weighted by Crippen LogP contribution is 2.66. The van der Waals surface area contributed by atoms with Crippen LogP contribution in [0.2, 0.25) is 0 Å². The van der Waals surface area contributed by atoms with E-state index in [0.717, 1.165) is 83.9 Å². The van der Waals surface area contributed by atoms with E-state index in [-0.39, 0.29) is 51.6 Å². The molecule has 0 aromatic heterocycles. The Kier molecular flexibility index (Phi) is 56.0. The van der Waals surface area contributed by atoms with E-state index < -0.39 is 13.2 Å². The molecule has 0 aliphatic heterocycles. The molecule has 8 aromatic rings. The van der Waals surface area contributed by atoms with E-state index in [9.17, 15) is 24.0 Å². The lowest BCUT2D eigenvalue weighted by molar-refractivity contribution is 0.0695. The predicted molar refractivity (Wildman–Crippen MR) is 503 cm³/mol. The zero-order valence-electron chi connectivity index (χ0n) is 65.6. The fourth-order valence-corrected chi connectivity index (χ4v) is 17.3. The minimum atomic E-state index is -3.23. The lowest BCUT2D eigenvalue weighted by Gasteiger charge is -2.33. The molecule has 0 bridgehead atoms. The van der Waals surface area contributed by atoms with Crippen molar-refractivity contribution in [1.29, 1.82) is 10.5 Å². The van der Waals surface area contributed by atoms with E-state index in [1.165, 1.54) is 0 Å². The summed E-state index contributed by atoms with van der Waals surface area (Å²) in [6.45, 7) is 2.95. The number of methoxy groups -OCH3 is 9. The van der Waals surface area contributed by atoms with Crippen molar-refractivity contribution in [3.8, 4) is 99.4 Å². The molecule has 0 heterocycles. The number of aliphatic hydroxyl groups excluding tert-OH is 1. The zero-order chi connectivity index (χ0) is 85.6. The van der Waals surface area contributed by atoms with Gasteiger partial charge in [-0.1, -0.05) is 102 Å². The van der Waals surface area contributed by atoms with E-state index in [2.05, 4.69) is 166 Å². The molecule has 8 N–H and O–H groups in total. The molecule has 0 fully saturated rings. The number of halogens is 6. The molecule has 0 aliphatic rings. The molecule has 118 heavy (non-hydrogen) atoms. The van der Waals surface area contributed by atoms with Gasteiger partial charge in [-0.3, -0.25) is 19.2 Å². The standard InChI is InChI=1S/C40H43N2O10P.C13H11BrN2O.C13H14BrNO2.C10H11BrINO.C7H5IO2.C3H8BrN.2CH4/c1-44-28-20-31(47-4)37(32(21-28)48-5)53(38-33(49-6)22-29(45-2)23-34(38)50-7,39-35(51-8)24-30(46-3)25-36(39)52-9)19-11-18-42-40(43)27-15-13-26(14-16-27)12-10-17-41;14-8-2-10-16-13(17)12-6-4-11(5-7-12)3-1-9-15;14-8-2-9-15-13(17)12-6-4-11(5-7-12)3-1-10-16;11-6-1-7-13-10(14)8-2-4-9(12)5-3-8;8-6-3-1-5(2-4-6)7(9)10;4-2-1-3-5;;/h13-16,20-25H,11,18-19H2,1-9H3;4-7H,2,8,10H2,(H,16,17);4-7,16H,2,8-10H2,(H,15,17);2-5H,1,6-7H2,(H,13,14);1-4H,(H,9,10);1-3,5H2;2*1H4/p+1. The van der Waals surface area contributed by atoms with E-state index in [0.29, 0.717) is 121 Å². The highest BCUT2D eigenvalue weighted by Gasteiger charge is 2.58. The van der Waals surface area contributed by atoms with Crippen molar-refractivity contribution in [2.24, 2.45) is 5.73 Å². The fraction of sp³-hybridized carbons (Fsp3) is 0.307. The third-order valence-corrected chi connectivity index (χ3v) is 24.1. The van der Waals surface area contributed by atoms with Crippen molar-refractivity contribution >= 4 is 162 Å². The summed E-state index contributed by atoms with van der Waals surface area (Å²) < 4.78 is 56.1. The Bertz CT molecular complexity index is 4470. The number of alkyl halides is 4. The Morgan fingerprint density at radius 3 is 0.873 bits per heavy atom. The van der Waals surface area contributed by atoms with Gasteiger partial charge in [0.1, 0.15) is 31.1 Å². The third kappa shape index (κ3) is 36.1. The van der Waals surface area contributed by atoms with E-state index in [1.54, 1.807) is 210 Å². The first-order valence-corrected chi connectivity index (χ1v) is 44.1. The molecular weight excluding hydrogens is 2020 g/mol. The minimum Gasteiger partial charge on any atom is -0.496 e. The number of nitriles is 2. The summed E-state index contributed by atoms with van der Waals surface area (Å²) in [7, 11) is 10.9. The summed E-state index contributed by atoms with van der Waals surface area (Å²) in [4.78, 5) is 58.5. The van der Waals surface area contributed by atoms with Gasteiger partial charge in [0.05, 0.1) is 75.7 Å². The van der Waals surface area contributed by atoms with Crippen molar-refractivity contribution < 1.29 is 76.8 Å². The number of nitrogens with two attached hydrogens (primary N) is 1. The molecule has 630 valence electrons. The number of aromatic carboxylic acids is 1. The Morgan fingerprint density at radius 2 is 0.653 bits per heavy atom. The summed E-state index contributed by atoms with van der Waals surface area (Å²) >= 11 is 17.5. The highest BCUT2D eigenvalue weighted by atomic mass is 127. The quantitative estimate of drug-likeness (QED) is 0.00677. The van der Waals surface area contributed by atoms with Crippen molar-refractivity contribution in [3.05, 3.63) is 209 Å². The second kappa shape index (κ2) is 61.9. The minimum absolute atomic E-state index is 0. The SMILES string of the molecule is C.C.COc1cc(OC)c([P+](CCCNC(=O)c2ccc(C#CC#N)cc2)(c2c(OC)cc(OC)cc2OC)c2c(OC)cc(OC)cc2OC)c(OC)c1.N#CC#Cc1ccc(C(=O)NCCCBr)cc1.NCCCBr.O=C(NCCCBr)c1ccc(C#CCO)cc1.O=C(NCCCBr)c1ccc(I)cc1.O=C(O)c1ccc(I)cc1. The number of carboxylic acid groups (broad SMARTS) is 1. The van der Waals surface area contributed by atoms with Gasteiger partial charge in [-0.25, -0.2) is 4.79 Å². The third-order valence-electron chi connectivity index (χ3n) is 15.8. The van der Waals surface area contributed by atoms with Crippen LogP contribution in [-0.2, 0) is 0 Å². The first-order chi connectivity index (χ1) is 56.1. The molecule has 8 aromatic carbocycles. The molecule has 0 radical (unpaired) electrons. The normalized spacial score (nSPS) is 9.62. The monoisotopic (exact) mass is 2110 g/mol. The zero-order valence-corrected chi connectivity index (χ0v) is 77.2. The maximum atomic E-state index is 13.4. The van der Waals surface area contributed by atoms with Gasteiger partial charge in [-0.2, -0.15) is 10.5 Å². The second-order valence-electron chi connectivity index (χ2n) is 23.2. The molecule has 0 spiro atoms. The molecule has 0 aliphatic carbocycles. The van der Waals surface area contributed by atoms with Crippen LogP contribution in [0, 0.1) is 65.3 Å². The molecular formula is C88H101Br4I2N7O16P+. The lowest BCUT2D eigenvalue weighted by Crippen LogP contribution is -2.38. The lowest BCUT2D eigenvalue weighted by atomic mass is 10.1. The molecule has 0 atom stereocenters. The number of ether oxygens (including phenoxy) is 9. The Labute approximate surface area is 755 Å². The summed E-state index contributed by atoms with van der Waals surface area (Å²) in [6.07, 6.45) is 4.69. The van der Waals surface area contributed by atoms with Gasteiger partial charge in [0.2, 0.25) is 0 Å². The van der Waals surface area contributed by atoms with Crippen molar-refractivity contribution in [1.82, 2.24) is 21.3 Å². The largest absolute Gasteiger partial charge is 0.496 e. The van der Waals surface area contributed by atoms with Crippen LogP contribution in [0.15, 0.2) is 158 Å². The topological polar surface area (TPSA) is 331 Å². The predicted octanol–water partition coefficient (Wildman–Crippen LogP) is 15.2. The van der Waals surface area contributed by atoms with Crippen molar-refractivity contribution in [2.45, 2.75) is 47.0 Å². The number of hydrogen-bond acceptors (Lipinski definition) is 18. The van der Waals surface area contributed by atoms with Crippen LogP contribution < -0.4 is 85.5 Å². The number of benzene rings is 8. The van der Waals surface area contributed by atoms with Crippen LogP contribution in [0.1, 0.15) is 115 Å². The number of carboxylic acids is 1. The number of aliphatic hydroxyl groups is 1. The summed E-state index contributed by atoms with van der Waals surface area (Å²) in [6, 6.07) is 49.1. The smallest absolute Gasteiger partial charge is 0.335 e. The van der Waals surface area contributed by atoms with E-state index in [1.807, 2.05) is 24.3 Å². The molecule has 30 heteroatoms. The molecule has 0 unspecified atom stereocenters. The number of nitrogens with one attached hydrogen (secondary N) is 4. The average Bonchev–Trinajstić information content (AvgIpc) is 0.708. The molecule has 0 saturated carbocycles. The van der Waals surface area contributed by atoms with Crippen LogP contribution in [0.25, 0.3) is 0 Å². The Balaban J connectivity index is 0.000000862. The average molecular weight is 2120 g/mol. The summed E-state index contributed by atoms with van der Waals surface area (Å²) in [5, 5.41) is 51.4.